The molecule has 2 atom stereocenters. The maximum atomic E-state index is 6.13. The van der Waals surface area contributed by atoms with Crippen LogP contribution in [0.15, 0.2) is 0 Å². The van der Waals surface area contributed by atoms with E-state index >= 15 is 0 Å². The van der Waals surface area contributed by atoms with Gasteiger partial charge in [0.2, 0.25) is 0 Å². The van der Waals surface area contributed by atoms with Crippen molar-refractivity contribution in [1.29, 1.82) is 0 Å². The van der Waals surface area contributed by atoms with Crippen LogP contribution in [0.5, 0.6) is 0 Å². The lowest BCUT2D eigenvalue weighted by Crippen LogP contribution is -2.50. The van der Waals surface area contributed by atoms with E-state index in [0.717, 1.165) is 12.5 Å². The second-order valence-corrected chi connectivity index (χ2v) is 6.38. The minimum absolute atomic E-state index is 0.288. The second kappa shape index (κ2) is 3.99. The van der Waals surface area contributed by atoms with Gasteiger partial charge in [0.25, 0.3) is 0 Å². The normalized spacial score (nSPS) is 42.9. The third-order valence-electron chi connectivity index (χ3n) is 5.31. The third kappa shape index (κ3) is 1.80. The average molecular weight is 223 g/mol. The Morgan fingerprint density at radius 3 is 2.62 bits per heavy atom. The van der Waals surface area contributed by atoms with Crippen molar-refractivity contribution < 1.29 is 4.74 Å². The van der Waals surface area contributed by atoms with E-state index in [1.165, 1.54) is 57.9 Å². The molecule has 0 aromatic carbocycles. The Hall–Kier alpha value is -0.0800. The molecule has 2 heterocycles. The van der Waals surface area contributed by atoms with E-state index in [2.05, 4.69) is 12.2 Å². The van der Waals surface area contributed by atoms with Crippen LogP contribution in [-0.4, -0.2) is 24.3 Å². The maximum Gasteiger partial charge on any atom is 0.0685 e. The molecule has 2 aliphatic heterocycles. The Balaban J connectivity index is 1.72. The van der Waals surface area contributed by atoms with Gasteiger partial charge in [0.15, 0.2) is 0 Å². The number of rotatable bonds is 1. The fraction of sp³-hybridized carbons (Fsp3) is 1.00. The van der Waals surface area contributed by atoms with Crippen LogP contribution in [0.25, 0.3) is 0 Å². The highest BCUT2D eigenvalue weighted by Gasteiger charge is 2.46. The summed E-state index contributed by atoms with van der Waals surface area (Å²) >= 11 is 0. The smallest absolute Gasteiger partial charge is 0.0685 e. The van der Waals surface area contributed by atoms with Gasteiger partial charge in [0.05, 0.1) is 5.60 Å². The summed E-state index contributed by atoms with van der Waals surface area (Å²) in [5, 5.41) is 3.75. The van der Waals surface area contributed by atoms with E-state index < -0.39 is 0 Å². The molecule has 1 aliphatic carbocycles. The summed E-state index contributed by atoms with van der Waals surface area (Å²) < 4.78 is 6.13. The van der Waals surface area contributed by atoms with Crippen molar-refractivity contribution in [2.24, 2.45) is 5.92 Å². The van der Waals surface area contributed by atoms with Crippen LogP contribution >= 0.6 is 0 Å². The molecule has 0 aromatic heterocycles. The summed E-state index contributed by atoms with van der Waals surface area (Å²) in [6, 6.07) is 0. The topological polar surface area (TPSA) is 21.3 Å². The van der Waals surface area contributed by atoms with Gasteiger partial charge in [0, 0.05) is 12.1 Å². The fourth-order valence-electron chi connectivity index (χ4n) is 4.21. The molecule has 0 aromatic rings. The van der Waals surface area contributed by atoms with Crippen molar-refractivity contribution in [1.82, 2.24) is 5.32 Å². The van der Waals surface area contributed by atoms with Crippen LogP contribution in [0.3, 0.4) is 0 Å². The summed E-state index contributed by atoms with van der Waals surface area (Å²) in [6.07, 6.45) is 10.7. The number of nitrogens with one attached hydrogen (secondary N) is 1. The molecule has 2 nitrogen and oxygen atoms in total. The molecule has 3 aliphatic rings. The molecule has 1 saturated carbocycles. The molecule has 2 saturated heterocycles. The number of hydrogen-bond acceptors (Lipinski definition) is 2. The molecule has 0 amide bonds. The Morgan fingerprint density at radius 1 is 1.12 bits per heavy atom. The van der Waals surface area contributed by atoms with E-state index in [1.54, 1.807) is 0 Å². The highest BCUT2D eigenvalue weighted by atomic mass is 16.5. The molecule has 0 bridgehead atoms. The van der Waals surface area contributed by atoms with Crippen molar-refractivity contribution in [2.45, 2.75) is 69.4 Å². The van der Waals surface area contributed by atoms with E-state index in [4.69, 9.17) is 4.74 Å². The molecular formula is C14H25NO. The first-order chi connectivity index (χ1) is 7.73. The lowest BCUT2D eigenvalue weighted by atomic mass is 9.73. The van der Waals surface area contributed by atoms with Crippen molar-refractivity contribution in [2.75, 3.05) is 13.2 Å². The van der Waals surface area contributed by atoms with Gasteiger partial charge in [0.1, 0.15) is 0 Å². The fourth-order valence-corrected chi connectivity index (χ4v) is 4.21. The van der Waals surface area contributed by atoms with Crippen molar-refractivity contribution >= 4 is 0 Å². The Kier molecular flexibility index (Phi) is 2.75. The Labute approximate surface area is 99.1 Å². The van der Waals surface area contributed by atoms with Crippen LogP contribution in [-0.2, 0) is 4.74 Å². The third-order valence-corrected chi connectivity index (χ3v) is 5.31. The average Bonchev–Trinajstić information content (AvgIpc) is 2.90. The maximum absolute atomic E-state index is 6.13. The van der Waals surface area contributed by atoms with Gasteiger partial charge in [-0.25, -0.2) is 0 Å². The van der Waals surface area contributed by atoms with E-state index in [0.29, 0.717) is 5.54 Å². The van der Waals surface area contributed by atoms with Crippen LogP contribution in [0.4, 0.5) is 0 Å². The SMILES string of the molecule is CC1(C2CCOC3(CCCC3)C2)CCCN1. The molecule has 3 rings (SSSR count). The number of ether oxygens (including phenoxy) is 1. The van der Waals surface area contributed by atoms with Crippen molar-refractivity contribution in [3.63, 3.8) is 0 Å². The predicted molar refractivity (Wildman–Crippen MR) is 65.5 cm³/mol. The first-order valence-electron chi connectivity index (χ1n) is 7.12. The zero-order chi connectivity index (χ0) is 11.1. The largest absolute Gasteiger partial charge is 0.375 e. The molecule has 16 heavy (non-hydrogen) atoms. The Morgan fingerprint density at radius 2 is 1.94 bits per heavy atom. The zero-order valence-electron chi connectivity index (χ0n) is 10.6. The quantitative estimate of drug-likeness (QED) is 0.738. The highest BCUT2D eigenvalue weighted by Crippen LogP contribution is 2.46. The van der Waals surface area contributed by atoms with Gasteiger partial charge < -0.3 is 10.1 Å². The van der Waals surface area contributed by atoms with Crippen LogP contribution in [0.1, 0.15) is 58.3 Å². The van der Waals surface area contributed by atoms with Gasteiger partial charge in [-0.1, -0.05) is 12.8 Å². The summed E-state index contributed by atoms with van der Waals surface area (Å²) in [5.41, 5.74) is 0.704. The summed E-state index contributed by atoms with van der Waals surface area (Å²) in [5.74, 6) is 0.849. The van der Waals surface area contributed by atoms with Gasteiger partial charge in [-0.3, -0.25) is 0 Å². The van der Waals surface area contributed by atoms with Gasteiger partial charge in [-0.05, 0) is 57.9 Å². The van der Waals surface area contributed by atoms with Crippen LogP contribution in [0, 0.1) is 5.92 Å². The molecular weight excluding hydrogens is 198 g/mol. The number of hydrogen-bond donors (Lipinski definition) is 1. The van der Waals surface area contributed by atoms with Crippen molar-refractivity contribution in [3.8, 4) is 0 Å². The molecule has 2 heteroatoms. The predicted octanol–water partition coefficient (Wildman–Crippen LogP) is 2.87. The zero-order valence-corrected chi connectivity index (χ0v) is 10.6. The summed E-state index contributed by atoms with van der Waals surface area (Å²) in [4.78, 5) is 0. The highest BCUT2D eigenvalue weighted by molar-refractivity contribution is 5.01. The minimum atomic E-state index is 0.288. The van der Waals surface area contributed by atoms with Gasteiger partial charge in [-0.2, -0.15) is 0 Å². The van der Waals surface area contributed by atoms with Gasteiger partial charge >= 0.3 is 0 Å². The summed E-state index contributed by atoms with van der Waals surface area (Å²) in [6.45, 7) is 4.67. The van der Waals surface area contributed by atoms with E-state index in [1.807, 2.05) is 0 Å². The monoisotopic (exact) mass is 223 g/mol. The minimum Gasteiger partial charge on any atom is -0.375 e. The summed E-state index contributed by atoms with van der Waals surface area (Å²) in [7, 11) is 0. The first kappa shape index (κ1) is 11.0. The molecule has 3 fully saturated rings. The molecule has 1 N–H and O–H groups in total. The molecule has 0 radical (unpaired) electrons. The lowest BCUT2D eigenvalue weighted by Gasteiger charge is -2.45. The second-order valence-electron chi connectivity index (χ2n) is 6.38. The van der Waals surface area contributed by atoms with E-state index in [-0.39, 0.29) is 5.60 Å². The van der Waals surface area contributed by atoms with Crippen molar-refractivity contribution in [3.05, 3.63) is 0 Å². The molecule has 92 valence electrons. The standard InChI is InChI=1S/C14H25NO/c1-13(6-4-9-15-13)12-5-10-16-14(11-12)7-2-3-8-14/h12,15H,2-11H2,1H3. The molecule has 1 spiro atoms. The van der Waals surface area contributed by atoms with E-state index in [9.17, 15) is 0 Å². The lowest BCUT2D eigenvalue weighted by molar-refractivity contribution is -0.105. The first-order valence-corrected chi connectivity index (χ1v) is 7.12. The van der Waals surface area contributed by atoms with Crippen LogP contribution in [0.2, 0.25) is 0 Å². The van der Waals surface area contributed by atoms with Gasteiger partial charge in [-0.15, -0.1) is 0 Å². The van der Waals surface area contributed by atoms with Crippen LogP contribution < -0.4 is 5.32 Å². The molecule has 2 unspecified atom stereocenters. The Bertz CT molecular complexity index is 241.